The van der Waals surface area contributed by atoms with Crippen LogP contribution in [0, 0.1) is 0 Å². The molecule has 16 heavy (non-hydrogen) atoms. The SMILES string of the molecule is CC(=O)Nc1ccc(-c2nnc(N)o2)cc1. The van der Waals surface area contributed by atoms with Crippen LogP contribution in [0.1, 0.15) is 6.92 Å². The lowest BCUT2D eigenvalue weighted by Crippen LogP contribution is -2.05. The zero-order valence-electron chi connectivity index (χ0n) is 8.60. The van der Waals surface area contributed by atoms with Crippen LogP contribution in [-0.4, -0.2) is 16.1 Å². The molecule has 0 saturated heterocycles. The Morgan fingerprint density at radius 2 is 2.00 bits per heavy atom. The molecule has 0 radical (unpaired) electrons. The number of nitrogens with one attached hydrogen (secondary N) is 1. The number of anilines is 2. The molecule has 2 rings (SSSR count). The third-order valence-corrected chi connectivity index (χ3v) is 1.89. The Bertz CT molecular complexity index is 504. The van der Waals surface area contributed by atoms with Gasteiger partial charge < -0.3 is 15.5 Å². The summed E-state index contributed by atoms with van der Waals surface area (Å²) in [5, 5.41) is 9.96. The Hall–Kier alpha value is -2.37. The Kier molecular flexibility index (Phi) is 2.55. The van der Waals surface area contributed by atoms with Crippen molar-refractivity contribution < 1.29 is 9.21 Å². The molecule has 0 unspecified atom stereocenters. The maximum absolute atomic E-state index is 10.8. The topological polar surface area (TPSA) is 94.0 Å². The number of hydrogen-bond donors (Lipinski definition) is 2. The van der Waals surface area contributed by atoms with Gasteiger partial charge in [0.05, 0.1) is 0 Å². The lowest BCUT2D eigenvalue weighted by atomic mass is 10.2. The third-order valence-electron chi connectivity index (χ3n) is 1.89. The van der Waals surface area contributed by atoms with Crippen LogP contribution in [0.25, 0.3) is 11.5 Å². The number of benzene rings is 1. The molecular weight excluding hydrogens is 208 g/mol. The molecule has 0 spiro atoms. The van der Waals surface area contributed by atoms with Gasteiger partial charge in [-0.25, -0.2) is 0 Å². The minimum absolute atomic E-state index is 0.0286. The molecule has 0 saturated carbocycles. The predicted octanol–water partition coefficient (Wildman–Crippen LogP) is 1.28. The highest BCUT2D eigenvalue weighted by Crippen LogP contribution is 2.20. The van der Waals surface area contributed by atoms with Gasteiger partial charge in [-0.2, -0.15) is 0 Å². The van der Waals surface area contributed by atoms with Crippen LogP contribution in [0.4, 0.5) is 11.7 Å². The van der Waals surface area contributed by atoms with Crippen molar-refractivity contribution in [2.75, 3.05) is 11.1 Å². The second-order valence-corrected chi connectivity index (χ2v) is 3.20. The molecule has 6 heteroatoms. The molecule has 1 aromatic heterocycles. The highest BCUT2D eigenvalue weighted by molar-refractivity contribution is 5.88. The number of nitrogens with zero attached hydrogens (tertiary/aromatic N) is 2. The molecule has 2 aromatic rings. The fourth-order valence-corrected chi connectivity index (χ4v) is 1.25. The number of nitrogens with two attached hydrogens (primary N) is 1. The molecule has 82 valence electrons. The maximum Gasteiger partial charge on any atom is 0.313 e. The summed E-state index contributed by atoms with van der Waals surface area (Å²) in [7, 11) is 0. The Morgan fingerprint density at radius 1 is 1.31 bits per heavy atom. The monoisotopic (exact) mass is 218 g/mol. The molecule has 0 bridgehead atoms. The third kappa shape index (κ3) is 2.17. The summed E-state index contributed by atoms with van der Waals surface area (Å²) in [5.41, 5.74) is 6.77. The van der Waals surface area contributed by atoms with E-state index in [2.05, 4.69) is 15.5 Å². The van der Waals surface area contributed by atoms with E-state index in [4.69, 9.17) is 10.2 Å². The lowest BCUT2D eigenvalue weighted by Gasteiger charge is -2.01. The molecule has 0 aliphatic carbocycles. The number of hydrogen-bond acceptors (Lipinski definition) is 5. The fourth-order valence-electron chi connectivity index (χ4n) is 1.25. The molecule has 1 aromatic carbocycles. The van der Waals surface area contributed by atoms with Crippen molar-refractivity contribution in [1.82, 2.24) is 10.2 Å². The molecule has 3 N–H and O–H groups in total. The van der Waals surface area contributed by atoms with Crippen LogP contribution in [0.5, 0.6) is 0 Å². The van der Waals surface area contributed by atoms with Gasteiger partial charge in [-0.1, -0.05) is 5.10 Å². The summed E-state index contributed by atoms with van der Waals surface area (Å²) in [4.78, 5) is 10.8. The van der Waals surface area contributed by atoms with Crippen molar-refractivity contribution in [1.29, 1.82) is 0 Å². The van der Waals surface area contributed by atoms with E-state index < -0.39 is 0 Å². The number of nitrogen functional groups attached to an aromatic ring is 1. The van der Waals surface area contributed by atoms with E-state index in [1.54, 1.807) is 24.3 Å². The number of rotatable bonds is 2. The molecule has 1 heterocycles. The Labute approximate surface area is 91.5 Å². The van der Waals surface area contributed by atoms with Gasteiger partial charge >= 0.3 is 6.01 Å². The van der Waals surface area contributed by atoms with Crippen molar-refractivity contribution >= 4 is 17.6 Å². The van der Waals surface area contributed by atoms with Gasteiger partial charge in [0, 0.05) is 18.2 Å². The number of aromatic nitrogens is 2. The number of carbonyl (C=O) groups is 1. The summed E-state index contributed by atoms with van der Waals surface area (Å²) in [6.45, 7) is 1.45. The average molecular weight is 218 g/mol. The predicted molar refractivity (Wildman–Crippen MR) is 58.5 cm³/mol. The smallest absolute Gasteiger partial charge is 0.313 e. The normalized spacial score (nSPS) is 10.1. The van der Waals surface area contributed by atoms with E-state index in [1.807, 2.05) is 0 Å². The molecule has 0 atom stereocenters. The molecule has 0 aliphatic rings. The summed E-state index contributed by atoms with van der Waals surface area (Å²) < 4.78 is 5.06. The highest BCUT2D eigenvalue weighted by Gasteiger charge is 2.05. The largest absolute Gasteiger partial charge is 0.404 e. The summed E-state index contributed by atoms with van der Waals surface area (Å²) in [6.07, 6.45) is 0. The van der Waals surface area contributed by atoms with Crippen LogP contribution >= 0.6 is 0 Å². The summed E-state index contributed by atoms with van der Waals surface area (Å²) in [6, 6.07) is 7.05. The van der Waals surface area contributed by atoms with E-state index in [0.29, 0.717) is 11.6 Å². The minimum Gasteiger partial charge on any atom is -0.404 e. The van der Waals surface area contributed by atoms with Gasteiger partial charge in [-0.15, -0.1) is 5.10 Å². The fraction of sp³-hybridized carbons (Fsp3) is 0.100. The van der Waals surface area contributed by atoms with Gasteiger partial charge in [0.15, 0.2) is 0 Å². The molecule has 0 fully saturated rings. The van der Waals surface area contributed by atoms with Gasteiger partial charge in [0.25, 0.3) is 0 Å². The number of carbonyl (C=O) groups excluding carboxylic acids is 1. The maximum atomic E-state index is 10.8. The lowest BCUT2D eigenvalue weighted by molar-refractivity contribution is -0.114. The second-order valence-electron chi connectivity index (χ2n) is 3.20. The average Bonchev–Trinajstić information content (AvgIpc) is 2.65. The van der Waals surface area contributed by atoms with Crippen molar-refractivity contribution in [3.05, 3.63) is 24.3 Å². The Morgan fingerprint density at radius 3 is 2.50 bits per heavy atom. The zero-order valence-corrected chi connectivity index (χ0v) is 8.60. The second kappa shape index (κ2) is 4.01. The molecule has 6 nitrogen and oxygen atoms in total. The van der Waals surface area contributed by atoms with E-state index >= 15 is 0 Å². The van der Waals surface area contributed by atoms with Crippen LogP contribution in [0.15, 0.2) is 28.7 Å². The molecule has 1 amide bonds. The van der Waals surface area contributed by atoms with Crippen molar-refractivity contribution in [2.24, 2.45) is 0 Å². The first kappa shape index (κ1) is 10.2. The minimum atomic E-state index is -0.116. The van der Waals surface area contributed by atoms with Crippen LogP contribution < -0.4 is 11.1 Å². The number of amides is 1. The standard InChI is InChI=1S/C10H10N4O2/c1-6(15)12-8-4-2-7(3-5-8)9-13-14-10(11)16-9/h2-5H,1H3,(H2,11,14)(H,12,15). The van der Waals surface area contributed by atoms with Crippen LogP contribution in [0.3, 0.4) is 0 Å². The Balaban J connectivity index is 2.22. The van der Waals surface area contributed by atoms with Gasteiger partial charge in [0.1, 0.15) is 0 Å². The van der Waals surface area contributed by atoms with Crippen molar-refractivity contribution in [2.45, 2.75) is 6.92 Å². The van der Waals surface area contributed by atoms with E-state index in [-0.39, 0.29) is 11.9 Å². The van der Waals surface area contributed by atoms with Gasteiger partial charge in [-0.05, 0) is 24.3 Å². The summed E-state index contributed by atoms with van der Waals surface area (Å²) in [5.74, 6) is 0.238. The van der Waals surface area contributed by atoms with E-state index in [9.17, 15) is 4.79 Å². The van der Waals surface area contributed by atoms with E-state index in [1.165, 1.54) is 6.92 Å². The first-order valence-corrected chi connectivity index (χ1v) is 4.62. The van der Waals surface area contributed by atoms with Crippen molar-refractivity contribution in [3.8, 4) is 11.5 Å². The quantitative estimate of drug-likeness (QED) is 0.791. The van der Waals surface area contributed by atoms with E-state index in [0.717, 1.165) is 5.56 Å². The van der Waals surface area contributed by atoms with Crippen molar-refractivity contribution in [3.63, 3.8) is 0 Å². The van der Waals surface area contributed by atoms with Crippen LogP contribution in [-0.2, 0) is 4.79 Å². The first-order chi connectivity index (χ1) is 7.65. The van der Waals surface area contributed by atoms with Gasteiger partial charge in [-0.3, -0.25) is 4.79 Å². The molecule has 0 aliphatic heterocycles. The van der Waals surface area contributed by atoms with Gasteiger partial charge in [0.2, 0.25) is 11.8 Å². The molecular formula is C10H10N4O2. The first-order valence-electron chi connectivity index (χ1n) is 4.62. The summed E-state index contributed by atoms with van der Waals surface area (Å²) >= 11 is 0. The zero-order chi connectivity index (χ0) is 11.5. The highest BCUT2D eigenvalue weighted by atomic mass is 16.4. The van der Waals surface area contributed by atoms with Crippen LogP contribution in [0.2, 0.25) is 0 Å².